The van der Waals surface area contributed by atoms with Crippen LogP contribution in [0.15, 0.2) is 46.9 Å². The number of carbonyl (C=O) groups excluding carboxylic acids is 1. The third-order valence-electron chi connectivity index (χ3n) is 5.34. The van der Waals surface area contributed by atoms with Crippen LogP contribution < -0.4 is 14.8 Å². The second-order valence-electron chi connectivity index (χ2n) is 8.11. The highest BCUT2D eigenvalue weighted by atomic mass is 32.2. The molecule has 174 valence electrons. The van der Waals surface area contributed by atoms with E-state index in [1.54, 1.807) is 26.0 Å². The van der Waals surface area contributed by atoms with Gasteiger partial charge < -0.3 is 19.2 Å². The van der Waals surface area contributed by atoms with Gasteiger partial charge in [0.15, 0.2) is 21.3 Å². The molecule has 0 radical (unpaired) electrons. The highest BCUT2D eigenvalue weighted by molar-refractivity contribution is 7.91. The molecule has 8 nitrogen and oxygen atoms in total. The highest BCUT2D eigenvalue weighted by Crippen LogP contribution is 2.32. The molecule has 33 heavy (non-hydrogen) atoms. The summed E-state index contributed by atoms with van der Waals surface area (Å²) in [5, 5.41) is 2.74. The molecule has 0 aliphatic carbocycles. The Balaban J connectivity index is 1.39. The van der Waals surface area contributed by atoms with Crippen molar-refractivity contribution in [3.05, 3.63) is 65.0 Å². The van der Waals surface area contributed by atoms with Gasteiger partial charge in [-0.05, 0) is 50.6 Å². The third kappa shape index (κ3) is 5.54. The van der Waals surface area contributed by atoms with Crippen molar-refractivity contribution in [1.82, 2.24) is 10.3 Å². The first-order valence-corrected chi connectivity index (χ1v) is 12.4. The first-order valence-electron chi connectivity index (χ1n) is 10.6. The average Bonchev–Trinajstić information content (AvgIpc) is 3.12. The van der Waals surface area contributed by atoms with Gasteiger partial charge in [-0.25, -0.2) is 13.4 Å². The molecule has 0 bridgehead atoms. The van der Waals surface area contributed by atoms with Crippen molar-refractivity contribution in [3.63, 3.8) is 0 Å². The summed E-state index contributed by atoms with van der Waals surface area (Å²) in [6.45, 7) is 6.38. The van der Waals surface area contributed by atoms with Crippen LogP contribution in [0, 0.1) is 13.8 Å². The van der Waals surface area contributed by atoms with E-state index in [1.807, 2.05) is 37.3 Å². The number of aromatic nitrogens is 1. The maximum absolute atomic E-state index is 12.7. The summed E-state index contributed by atoms with van der Waals surface area (Å²) in [4.78, 5) is 16.8. The summed E-state index contributed by atoms with van der Waals surface area (Å²) >= 11 is 0. The van der Waals surface area contributed by atoms with Crippen LogP contribution >= 0.6 is 0 Å². The van der Waals surface area contributed by atoms with Gasteiger partial charge in [0.05, 0.1) is 17.5 Å². The molecule has 3 aromatic rings. The molecule has 1 amide bonds. The number of oxazole rings is 1. The van der Waals surface area contributed by atoms with Crippen LogP contribution in [0.5, 0.6) is 11.5 Å². The Morgan fingerprint density at radius 1 is 1.06 bits per heavy atom. The van der Waals surface area contributed by atoms with E-state index in [-0.39, 0.29) is 5.75 Å². The zero-order valence-corrected chi connectivity index (χ0v) is 19.6. The monoisotopic (exact) mass is 470 g/mol. The number of aryl methyl sites for hydroxylation is 2. The molecule has 0 spiro atoms. The summed E-state index contributed by atoms with van der Waals surface area (Å²) in [5.41, 5.74) is 2.96. The van der Waals surface area contributed by atoms with Crippen molar-refractivity contribution in [1.29, 1.82) is 0 Å². The van der Waals surface area contributed by atoms with Crippen LogP contribution in [0.25, 0.3) is 11.5 Å². The Labute approximate surface area is 192 Å². The molecule has 0 unspecified atom stereocenters. The van der Waals surface area contributed by atoms with E-state index >= 15 is 0 Å². The van der Waals surface area contributed by atoms with Crippen molar-refractivity contribution in [3.8, 4) is 23.0 Å². The number of carbonyl (C=O) groups is 1. The zero-order chi connectivity index (χ0) is 23.6. The van der Waals surface area contributed by atoms with Crippen LogP contribution in [0.4, 0.5) is 0 Å². The maximum Gasteiger partial charge on any atom is 0.235 e. The summed E-state index contributed by atoms with van der Waals surface area (Å²) in [6.07, 6.45) is 0. The lowest BCUT2D eigenvalue weighted by Crippen LogP contribution is -2.33. The van der Waals surface area contributed by atoms with Gasteiger partial charge in [-0.15, -0.1) is 0 Å². The van der Waals surface area contributed by atoms with Gasteiger partial charge in [-0.1, -0.05) is 23.8 Å². The van der Waals surface area contributed by atoms with Crippen LogP contribution in [-0.4, -0.2) is 38.3 Å². The second kappa shape index (κ2) is 9.27. The van der Waals surface area contributed by atoms with Crippen molar-refractivity contribution in [2.75, 3.05) is 19.0 Å². The smallest absolute Gasteiger partial charge is 0.235 e. The zero-order valence-electron chi connectivity index (χ0n) is 18.8. The molecule has 1 atom stereocenters. The average molecular weight is 471 g/mol. The molecule has 4 rings (SSSR count). The van der Waals surface area contributed by atoms with Crippen LogP contribution in [0.1, 0.15) is 35.5 Å². The fourth-order valence-corrected chi connectivity index (χ4v) is 4.81. The van der Waals surface area contributed by atoms with Crippen LogP contribution in [-0.2, 0) is 20.4 Å². The Morgan fingerprint density at radius 2 is 1.76 bits per heavy atom. The van der Waals surface area contributed by atoms with Crippen LogP contribution in [0.3, 0.4) is 0 Å². The lowest BCUT2D eigenvalue weighted by Gasteiger charge is -2.21. The largest absolute Gasteiger partial charge is 0.486 e. The van der Waals surface area contributed by atoms with Crippen molar-refractivity contribution in [2.24, 2.45) is 0 Å². The SMILES string of the molecule is Cc1ccc(-c2nc(CS(=O)(=O)CC(=O)N[C@@H](C)c3ccc4c(c3)OCCO4)c(C)o2)cc1. The molecule has 9 heteroatoms. The Morgan fingerprint density at radius 3 is 2.48 bits per heavy atom. The van der Waals surface area contributed by atoms with Gasteiger partial charge >= 0.3 is 0 Å². The summed E-state index contributed by atoms with van der Waals surface area (Å²) in [7, 11) is -3.75. The molecule has 1 aliphatic rings. The maximum atomic E-state index is 12.7. The van der Waals surface area contributed by atoms with Gasteiger partial charge in [0, 0.05) is 5.56 Å². The number of rotatable bonds is 7. The van der Waals surface area contributed by atoms with Gasteiger partial charge in [-0.3, -0.25) is 4.79 Å². The Bertz CT molecular complexity index is 1260. The van der Waals surface area contributed by atoms with Crippen molar-refractivity contribution in [2.45, 2.75) is 32.6 Å². The fourth-order valence-electron chi connectivity index (χ4n) is 3.54. The first kappa shape index (κ1) is 22.8. The van der Waals surface area contributed by atoms with E-state index in [9.17, 15) is 13.2 Å². The number of ether oxygens (including phenoxy) is 2. The van der Waals surface area contributed by atoms with E-state index in [0.29, 0.717) is 42.1 Å². The minimum absolute atomic E-state index is 0.304. The molecular formula is C24H26N2O6S. The number of benzene rings is 2. The predicted octanol–water partition coefficient (Wildman–Crippen LogP) is 3.52. The van der Waals surface area contributed by atoms with Crippen molar-refractivity contribution < 1.29 is 27.1 Å². The van der Waals surface area contributed by atoms with Gasteiger partial charge in [0.2, 0.25) is 11.8 Å². The molecule has 0 saturated carbocycles. The lowest BCUT2D eigenvalue weighted by molar-refractivity contribution is -0.119. The number of nitrogens with one attached hydrogen (secondary N) is 1. The van der Waals surface area contributed by atoms with Crippen LogP contribution in [0.2, 0.25) is 0 Å². The van der Waals surface area contributed by atoms with E-state index in [2.05, 4.69) is 10.3 Å². The first-order chi connectivity index (χ1) is 15.7. The fraction of sp³-hybridized carbons (Fsp3) is 0.333. The standard InChI is InChI=1S/C24H26N2O6S/c1-15-4-6-18(7-5-15)24-26-20(17(3)32-24)13-33(28,29)14-23(27)25-16(2)19-8-9-21-22(12-19)31-11-10-30-21/h4-9,12,16H,10-11,13-14H2,1-3H3,(H,25,27)/t16-/m0/s1. The van der Waals surface area contributed by atoms with E-state index in [4.69, 9.17) is 13.9 Å². The topological polar surface area (TPSA) is 108 Å². The molecule has 1 N–H and O–H groups in total. The van der Waals surface area contributed by atoms with Gasteiger partial charge in [-0.2, -0.15) is 0 Å². The second-order valence-corrected chi connectivity index (χ2v) is 10.2. The number of nitrogens with zero attached hydrogens (tertiary/aromatic N) is 1. The predicted molar refractivity (Wildman–Crippen MR) is 123 cm³/mol. The molecule has 2 aromatic carbocycles. The molecule has 0 saturated heterocycles. The number of fused-ring (bicyclic) bond motifs is 1. The minimum atomic E-state index is -3.75. The number of hydrogen-bond donors (Lipinski definition) is 1. The van der Waals surface area contributed by atoms with E-state index < -0.39 is 27.5 Å². The van der Waals surface area contributed by atoms with Gasteiger partial charge in [0.25, 0.3) is 0 Å². The molecule has 1 aromatic heterocycles. The Hall–Kier alpha value is -3.33. The summed E-state index contributed by atoms with van der Waals surface area (Å²) in [5.74, 6) is 0.428. The third-order valence-corrected chi connectivity index (χ3v) is 6.76. The molecule has 1 aliphatic heterocycles. The number of sulfone groups is 1. The van der Waals surface area contributed by atoms with Gasteiger partial charge in [0.1, 0.15) is 24.7 Å². The lowest BCUT2D eigenvalue weighted by atomic mass is 10.1. The van der Waals surface area contributed by atoms with E-state index in [1.165, 1.54) is 0 Å². The molecule has 0 fully saturated rings. The van der Waals surface area contributed by atoms with Crippen molar-refractivity contribution >= 4 is 15.7 Å². The highest BCUT2D eigenvalue weighted by Gasteiger charge is 2.23. The number of hydrogen-bond acceptors (Lipinski definition) is 7. The molecular weight excluding hydrogens is 444 g/mol. The summed E-state index contributed by atoms with van der Waals surface area (Å²) in [6, 6.07) is 12.6. The summed E-state index contributed by atoms with van der Waals surface area (Å²) < 4.78 is 42.1. The minimum Gasteiger partial charge on any atom is -0.486 e. The normalized spacial score (nSPS) is 14.0. The van der Waals surface area contributed by atoms with E-state index in [0.717, 1.165) is 16.7 Å². The Kier molecular flexibility index (Phi) is 6.42. The molecule has 2 heterocycles. The quantitative estimate of drug-likeness (QED) is 0.563. The number of amides is 1.